The number of amides is 1. The molecular weight excluding hydrogens is 192 g/mol. The summed E-state index contributed by atoms with van der Waals surface area (Å²) in [4.78, 5) is 13.2. The van der Waals surface area contributed by atoms with Crippen molar-refractivity contribution in [2.24, 2.45) is 0 Å². The molecule has 0 radical (unpaired) electrons. The van der Waals surface area contributed by atoms with E-state index in [9.17, 15) is 4.79 Å². The lowest BCUT2D eigenvalue weighted by atomic mass is 10.2. The van der Waals surface area contributed by atoms with E-state index in [4.69, 9.17) is 5.11 Å². The van der Waals surface area contributed by atoms with Crippen molar-refractivity contribution in [1.29, 1.82) is 0 Å². The second-order valence-electron chi connectivity index (χ2n) is 3.32. The average Bonchev–Trinajstić information content (AvgIpc) is 2.26. The Kier molecular flexibility index (Phi) is 4.12. The molecule has 0 aliphatic rings. The van der Waals surface area contributed by atoms with E-state index in [1.165, 1.54) is 0 Å². The second-order valence-corrected chi connectivity index (χ2v) is 3.32. The van der Waals surface area contributed by atoms with Gasteiger partial charge in [0.15, 0.2) is 0 Å². The van der Waals surface area contributed by atoms with E-state index < -0.39 is 0 Å². The van der Waals surface area contributed by atoms with Gasteiger partial charge >= 0.3 is 0 Å². The van der Waals surface area contributed by atoms with Crippen molar-refractivity contribution < 1.29 is 9.90 Å². The predicted molar refractivity (Wildman–Crippen MR) is 60.1 cm³/mol. The van der Waals surface area contributed by atoms with E-state index in [1.54, 1.807) is 36.2 Å². The number of hydrogen-bond donors (Lipinski definition) is 2. The van der Waals surface area contributed by atoms with Gasteiger partial charge in [-0.1, -0.05) is 0 Å². The van der Waals surface area contributed by atoms with Crippen molar-refractivity contribution in [1.82, 2.24) is 5.32 Å². The van der Waals surface area contributed by atoms with Gasteiger partial charge in [0, 0.05) is 25.7 Å². The summed E-state index contributed by atoms with van der Waals surface area (Å²) in [7, 11) is 3.54. The first kappa shape index (κ1) is 11.5. The molecule has 0 fully saturated rings. The molecule has 0 aliphatic carbocycles. The quantitative estimate of drug-likeness (QED) is 0.775. The molecule has 1 rings (SSSR count). The summed E-state index contributed by atoms with van der Waals surface area (Å²) in [5.74, 6) is 0.255. The molecule has 0 spiro atoms. The minimum Gasteiger partial charge on any atom is -0.508 e. The van der Waals surface area contributed by atoms with Crippen LogP contribution in [0.5, 0.6) is 5.75 Å². The number of anilines is 1. The van der Waals surface area contributed by atoms with Crippen LogP contribution in [0.2, 0.25) is 0 Å². The van der Waals surface area contributed by atoms with Gasteiger partial charge in [-0.15, -0.1) is 0 Å². The van der Waals surface area contributed by atoms with Gasteiger partial charge in [0.2, 0.25) is 5.91 Å². The van der Waals surface area contributed by atoms with Crippen LogP contribution < -0.4 is 10.2 Å². The highest BCUT2D eigenvalue weighted by Crippen LogP contribution is 2.17. The van der Waals surface area contributed by atoms with Crippen LogP contribution in [-0.2, 0) is 4.79 Å². The topological polar surface area (TPSA) is 52.6 Å². The zero-order chi connectivity index (χ0) is 11.3. The summed E-state index contributed by atoms with van der Waals surface area (Å²) in [6.45, 7) is 0.668. The van der Waals surface area contributed by atoms with Crippen molar-refractivity contribution >= 4 is 11.6 Å². The molecular formula is C11H16N2O2. The van der Waals surface area contributed by atoms with Crippen molar-refractivity contribution in [3.8, 4) is 5.75 Å². The van der Waals surface area contributed by atoms with Crippen molar-refractivity contribution in [2.45, 2.75) is 6.42 Å². The predicted octanol–water partition coefficient (Wildman–Crippen LogP) is 0.964. The largest absolute Gasteiger partial charge is 0.508 e. The van der Waals surface area contributed by atoms with E-state index in [-0.39, 0.29) is 11.7 Å². The number of carbonyl (C=O) groups is 1. The zero-order valence-electron chi connectivity index (χ0n) is 9.03. The molecule has 82 valence electrons. The highest BCUT2D eigenvalue weighted by atomic mass is 16.3. The molecule has 1 amide bonds. The fourth-order valence-electron chi connectivity index (χ4n) is 1.22. The van der Waals surface area contributed by atoms with Crippen LogP contribution in [0.25, 0.3) is 0 Å². The fourth-order valence-corrected chi connectivity index (χ4v) is 1.22. The van der Waals surface area contributed by atoms with Gasteiger partial charge in [-0.25, -0.2) is 0 Å². The minimum absolute atomic E-state index is 0.0510. The summed E-state index contributed by atoms with van der Waals surface area (Å²) in [6, 6.07) is 6.56. The monoisotopic (exact) mass is 208 g/mol. The lowest BCUT2D eigenvalue weighted by Gasteiger charge is -2.17. The molecule has 4 nitrogen and oxygen atoms in total. The summed E-state index contributed by atoms with van der Waals surface area (Å²) >= 11 is 0. The lowest BCUT2D eigenvalue weighted by Crippen LogP contribution is -2.28. The maximum absolute atomic E-state index is 11.6. The number of aromatic hydroxyl groups is 1. The second kappa shape index (κ2) is 5.36. The van der Waals surface area contributed by atoms with E-state index in [0.29, 0.717) is 13.0 Å². The normalized spacial score (nSPS) is 10.0. The third kappa shape index (κ3) is 3.25. The molecule has 0 heterocycles. The van der Waals surface area contributed by atoms with Gasteiger partial charge < -0.3 is 15.3 Å². The molecule has 0 saturated carbocycles. The fraction of sp³-hybridized carbons (Fsp3) is 0.364. The molecule has 4 heteroatoms. The number of hydrogen-bond acceptors (Lipinski definition) is 3. The number of nitrogens with one attached hydrogen (secondary N) is 1. The smallest absolute Gasteiger partial charge is 0.227 e. The summed E-state index contributed by atoms with van der Waals surface area (Å²) in [5.41, 5.74) is 0.786. The molecule has 1 aromatic rings. The number of phenols is 1. The van der Waals surface area contributed by atoms with Gasteiger partial charge in [-0.2, -0.15) is 0 Å². The zero-order valence-corrected chi connectivity index (χ0v) is 9.03. The molecule has 0 unspecified atom stereocenters. The lowest BCUT2D eigenvalue weighted by molar-refractivity contribution is -0.118. The number of benzene rings is 1. The van der Waals surface area contributed by atoms with Crippen LogP contribution in [0.3, 0.4) is 0 Å². The Hall–Kier alpha value is -1.55. The van der Waals surface area contributed by atoms with E-state index in [0.717, 1.165) is 5.69 Å². The van der Waals surface area contributed by atoms with Crippen molar-refractivity contribution in [3.63, 3.8) is 0 Å². The van der Waals surface area contributed by atoms with Crippen molar-refractivity contribution in [2.75, 3.05) is 25.5 Å². The third-order valence-electron chi connectivity index (χ3n) is 2.20. The number of nitrogens with zero attached hydrogens (tertiary/aromatic N) is 1. The summed E-state index contributed by atoms with van der Waals surface area (Å²) < 4.78 is 0. The van der Waals surface area contributed by atoms with Crippen LogP contribution in [0.4, 0.5) is 5.69 Å². The summed E-state index contributed by atoms with van der Waals surface area (Å²) in [5, 5.41) is 12.0. The Labute approximate surface area is 89.5 Å². The minimum atomic E-state index is 0.0510. The Morgan fingerprint density at radius 1 is 1.40 bits per heavy atom. The van der Waals surface area contributed by atoms with Crippen LogP contribution in [-0.4, -0.2) is 31.7 Å². The molecule has 0 aliphatic heterocycles. The first-order valence-corrected chi connectivity index (χ1v) is 4.85. The van der Waals surface area contributed by atoms with Gasteiger partial charge in [-0.05, 0) is 31.3 Å². The van der Waals surface area contributed by atoms with Gasteiger partial charge in [-0.3, -0.25) is 4.79 Å². The van der Waals surface area contributed by atoms with Gasteiger partial charge in [0.25, 0.3) is 0 Å². The van der Waals surface area contributed by atoms with Crippen LogP contribution in [0, 0.1) is 0 Å². The first-order chi connectivity index (χ1) is 7.15. The standard InChI is InChI=1S/C11H16N2O2/c1-12-8-7-11(15)13(2)9-3-5-10(14)6-4-9/h3-6,12,14H,7-8H2,1-2H3. The highest BCUT2D eigenvalue weighted by Gasteiger charge is 2.09. The van der Waals surface area contributed by atoms with Gasteiger partial charge in [0.05, 0.1) is 0 Å². The summed E-state index contributed by atoms with van der Waals surface area (Å²) in [6.07, 6.45) is 0.466. The van der Waals surface area contributed by atoms with Crippen LogP contribution >= 0.6 is 0 Å². The van der Waals surface area contributed by atoms with Crippen LogP contribution in [0.15, 0.2) is 24.3 Å². The number of carbonyl (C=O) groups excluding carboxylic acids is 1. The highest BCUT2D eigenvalue weighted by molar-refractivity contribution is 5.92. The molecule has 2 N–H and O–H groups in total. The van der Waals surface area contributed by atoms with E-state index >= 15 is 0 Å². The third-order valence-corrected chi connectivity index (χ3v) is 2.20. The molecule has 0 aromatic heterocycles. The molecule has 0 saturated heterocycles. The van der Waals surface area contributed by atoms with Gasteiger partial charge in [0.1, 0.15) is 5.75 Å². The first-order valence-electron chi connectivity index (χ1n) is 4.85. The maximum Gasteiger partial charge on any atom is 0.227 e. The SMILES string of the molecule is CNCCC(=O)N(C)c1ccc(O)cc1. The molecule has 1 aromatic carbocycles. The molecule has 0 atom stereocenters. The van der Waals surface area contributed by atoms with Crippen LogP contribution in [0.1, 0.15) is 6.42 Å². The Bertz CT molecular complexity index is 322. The van der Waals surface area contributed by atoms with E-state index in [2.05, 4.69) is 5.32 Å². The Balaban J connectivity index is 2.63. The van der Waals surface area contributed by atoms with E-state index in [1.807, 2.05) is 7.05 Å². The number of rotatable bonds is 4. The Morgan fingerprint density at radius 2 is 2.00 bits per heavy atom. The number of phenolic OH excluding ortho intramolecular Hbond substituents is 1. The molecule has 15 heavy (non-hydrogen) atoms. The Morgan fingerprint density at radius 3 is 2.53 bits per heavy atom. The van der Waals surface area contributed by atoms with Crippen molar-refractivity contribution in [3.05, 3.63) is 24.3 Å². The molecule has 0 bridgehead atoms. The average molecular weight is 208 g/mol. The maximum atomic E-state index is 11.6.